The van der Waals surface area contributed by atoms with E-state index in [9.17, 15) is 9.18 Å². The molecule has 0 fully saturated rings. The molecular formula is C13H13FN4O. The molecule has 0 saturated heterocycles. The number of carbonyl (C=O) groups is 1. The maximum Gasteiger partial charge on any atom is 0.256 e. The van der Waals surface area contributed by atoms with Gasteiger partial charge in [-0.05, 0) is 18.2 Å². The van der Waals surface area contributed by atoms with Crippen LogP contribution < -0.4 is 10.6 Å². The fourth-order valence-corrected chi connectivity index (χ4v) is 2.14. The van der Waals surface area contributed by atoms with Crippen molar-refractivity contribution in [3.8, 4) is 0 Å². The predicted molar refractivity (Wildman–Crippen MR) is 68.4 cm³/mol. The Morgan fingerprint density at radius 2 is 2.32 bits per heavy atom. The van der Waals surface area contributed by atoms with E-state index in [2.05, 4.69) is 20.8 Å². The number of aromatic amines is 1. The first-order valence-corrected chi connectivity index (χ1v) is 6.08. The van der Waals surface area contributed by atoms with Crippen LogP contribution in [0.1, 0.15) is 21.6 Å². The molecule has 0 saturated carbocycles. The summed E-state index contributed by atoms with van der Waals surface area (Å²) in [4.78, 5) is 12.0. The molecule has 98 valence electrons. The third-order valence-electron chi connectivity index (χ3n) is 3.13. The molecule has 6 heteroatoms. The first-order valence-electron chi connectivity index (χ1n) is 6.08. The average Bonchev–Trinajstić information content (AvgIpc) is 2.82. The normalized spacial score (nSPS) is 13.9. The fraction of sp³-hybridized carbons (Fsp3) is 0.231. The number of benzene rings is 1. The zero-order valence-electron chi connectivity index (χ0n) is 10.2. The molecule has 1 aromatic heterocycles. The van der Waals surface area contributed by atoms with E-state index in [-0.39, 0.29) is 11.5 Å². The van der Waals surface area contributed by atoms with E-state index in [0.717, 1.165) is 24.2 Å². The van der Waals surface area contributed by atoms with Crippen molar-refractivity contribution in [2.75, 3.05) is 11.9 Å². The Kier molecular flexibility index (Phi) is 3.00. The lowest BCUT2D eigenvalue weighted by Crippen LogP contribution is -2.24. The lowest BCUT2D eigenvalue weighted by atomic mass is 10.1. The van der Waals surface area contributed by atoms with Crippen molar-refractivity contribution >= 4 is 11.7 Å². The van der Waals surface area contributed by atoms with E-state index in [1.54, 1.807) is 6.07 Å². The summed E-state index contributed by atoms with van der Waals surface area (Å²) >= 11 is 0. The molecule has 2 aromatic rings. The van der Waals surface area contributed by atoms with E-state index in [0.29, 0.717) is 12.4 Å². The van der Waals surface area contributed by atoms with Crippen molar-refractivity contribution in [1.29, 1.82) is 0 Å². The number of fused-ring (bicyclic) bond motifs is 1. The summed E-state index contributed by atoms with van der Waals surface area (Å²) in [5.41, 5.74) is 2.28. The Morgan fingerprint density at radius 3 is 3.16 bits per heavy atom. The van der Waals surface area contributed by atoms with Crippen LogP contribution in [0.3, 0.4) is 0 Å². The highest BCUT2D eigenvalue weighted by molar-refractivity contribution is 6.04. The van der Waals surface area contributed by atoms with Gasteiger partial charge in [0.05, 0.1) is 0 Å². The molecule has 0 bridgehead atoms. The van der Waals surface area contributed by atoms with Gasteiger partial charge in [0.1, 0.15) is 5.82 Å². The van der Waals surface area contributed by atoms with Gasteiger partial charge in [0, 0.05) is 36.3 Å². The summed E-state index contributed by atoms with van der Waals surface area (Å²) in [5, 5.41) is 12.9. The molecule has 0 spiro atoms. The van der Waals surface area contributed by atoms with Gasteiger partial charge in [-0.3, -0.25) is 9.89 Å². The van der Waals surface area contributed by atoms with Crippen LogP contribution in [-0.4, -0.2) is 22.6 Å². The minimum atomic E-state index is -0.432. The number of rotatable bonds is 2. The Morgan fingerprint density at radius 1 is 1.42 bits per heavy atom. The Labute approximate surface area is 109 Å². The van der Waals surface area contributed by atoms with Crippen molar-refractivity contribution in [2.45, 2.75) is 13.0 Å². The standard InChI is InChI=1S/C13H13FN4O/c14-9-3-1-2-8(6-9)13(19)16-12-10-7-15-5-4-11(10)17-18-12/h1-3,6,15H,4-5,7H2,(H2,16,17,18,19). The van der Waals surface area contributed by atoms with E-state index < -0.39 is 5.82 Å². The summed E-state index contributed by atoms with van der Waals surface area (Å²) in [6.07, 6.45) is 0.859. The topological polar surface area (TPSA) is 69.8 Å². The maximum absolute atomic E-state index is 13.1. The number of hydrogen-bond donors (Lipinski definition) is 3. The van der Waals surface area contributed by atoms with Gasteiger partial charge in [-0.2, -0.15) is 5.10 Å². The molecule has 0 radical (unpaired) electrons. The summed E-state index contributed by atoms with van der Waals surface area (Å²) in [6, 6.07) is 5.57. The van der Waals surface area contributed by atoms with E-state index in [4.69, 9.17) is 0 Å². The van der Waals surface area contributed by atoms with Crippen molar-refractivity contribution in [3.05, 3.63) is 46.9 Å². The van der Waals surface area contributed by atoms with Crippen LogP contribution in [0.25, 0.3) is 0 Å². The van der Waals surface area contributed by atoms with Gasteiger partial charge < -0.3 is 10.6 Å². The number of carbonyl (C=O) groups excluding carboxylic acids is 1. The molecule has 1 aromatic carbocycles. The van der Waals surface area contributed by atoms with Crippen LogP contribution in [-0.2, 0) is 13.0 Å². The van der Waals surface area contributed by atoms with Crippen LogP contribution >= 0.6 is 0 Å². The van der Waals surface area contributed by atoms with Crippen molar-refractivity contribution in [1.82, 2.24) is 15.5 Å². The highest BCUT2D eigenvalue weighted by atomic mass is 19.1. The number of anilines is 1. The van der Waals surface area contributed by atoms with Gasteiger partial charge in [0.25, 0.3) is 5.91 Å². The molecule has 19 heavy (non-hydrogen) atoms. The minimum Gasteiger partial charge on any atom is -0.312 e. The first kappa shape index (κ1) is 11.9. The molecule has 3 N–H and O–H groups in total. The second-order valence-electron chi connectivity index (χ2n) is 4.42. The lowest BCUT2D eigenvalue weighted by molar-refractivity contribution is 0.102. The summed E-state index contributed by atoms with van der Waals surface area (Å²) in [6.45, 7) is 1.57. The summed E-state index contributed by atoms with van der Waals surface area (Å²) in [7, 11) is 0. The zero-order valence-corrected chi connectivity index (χ0v) is 10.2. The number of nitrogens with one attached hydrogen (secondary N) is 3. The SMILES string of the molecule is O=C(Nc1n[nH]c2c1CNCC2)c1cccc(F)c1. The smallest absolute Gasteiger partial charge is 0.256 e. The lowest BCUT2D eigenvalue weighted by Gasteiger charge is -2.13. The zero-order chi connectivity index (χ0) is 13.2. The van der Waals surface area contributed by atoms with Crippen LogP contribution in [0.5, 0.6) is 0 Å². The third kappa shape index (κ3) is 2.34. The van der Waals surface area contributed by atoms with Crippen molar-refractivity contribution in [2.24, 2.45) is 0 Å². The van der Waals surface area contributed by atoms with E-state index in [1.807, 2.05) is 0 Å². The highest BCUT2D eigenvalue weighted by Gasteiger charge is 2.18. The average molecular weight is 260 g/mol. The quantitative estimate of drug-likeness (QED) is 0.765. The number of hydrogen-bond acceptors (Lipinski definition) is 3. The molecule has 0 atom stereocenters. The van der Waals surface area contributed by atoms with Crippen LogP contribution in [0.2, 0.25) is 0 Å². The Balaban J connectivity index is 1.82. The Hall–Kier alpha value is -2.21. The first-order chi connectivity index (χ1) is 9.24. The number of halogens is 1. The molecule has 1 aliphatic rings. The molecule has 1 aliphatic heterocycles. The number of H-pyrrole nitrogens is 1. The number of aromatic nitrogens is 2. The summed E-state index contributed by atoms with van der Waals surface area (Å²) in [5.74, 6) is -0.283. The molecular weight excluding hydrogens is 247 g/mol. The molecule has 1 amide bonds. The summed E-state index contributed by atoms with van der Waals surface area (Å²) < 4.78 is 13.1. The van der Waals surface area contributed by atoms with Crippen LogP contribution in [0.4, 0.5) is 10.2 Å². The predicted octanol–water partition coefficient (Wildman–Crippen LogP) is 1.45. The second kappa shape index (κ2) is 4.81. The maximum atomic E-state index is 13.1. The van der Waals surface area contributed by atoms with Crippen LogP contribution in [0.15, 0.2) is 24.3 Å². The van der Waals surface area contributed by atoms with E-state index >= 15 is 0 Å². The monoisotopic (exact) mass is 260 g/mol. The molecule has 5 nitrogen and oxygen atoms in total. The van der Waals surface area contributed by atoms with Gasteiger partial charge in [0.15, 0.2) is 5.82 Å². The molecule has 3 rings (SSSR count). The number of amides is 1. The van der Waals surface area contributed by atoms with Gasteiger partial charge >= 0.3 is 0 Å². The highest BCUT2D eigenvalue weighted by Crippen LogP contribution is 2.20. The molecule has 2 heterocycles. The largest absolute Gasteiger partial charge is 0.312 e. The Bertz CT molecular complexity index is 623. The molecule has 0 unspecified atom stereocenters. The van der Waals surface area contributed by atoms with Crippen LogP contribution in [0, 0.1) is 5.82 Å². The van der Waals surface area contributed by atoms with Gasteiger partial charge in [-0.1, -0.05) is 6.07 Å². The van der Waals surface area contributed by atoms with Gasteiger partial charge in [-0.25, -0.2) is 4.39 Å². The van der Waals surface area contributed by atoms with E-state index in [1.165, 1.54) is 18.2 Å². The van der Waals surface area contributed by atoms with Crippen molar-refractivity contribution in [3.63, 3.8) is 0 Å². The molecule has 0 aliphatic carbocycles. The minimum absolute atomic E-state index is 0.278. The van der Waals surface area contributed by atoms with Crippen molar-refractivity contribution < 1.29 is 9.18 Å². The second-order valence-corrected chi connectivity index (χ2v) is 4.42. The van der Waals surface area contributed by atoms with Gasteiger partial charge in [0.2, 0.25) is 0 Å². The van der Waals surface area contributed by atoms with Gasteiger partial charge in [-0.15, -0.1) is 0 Å². The fourth-order valence-electron chi connectivity index (χ4n) is 2.14. The third-order valence-corrected chi connectivity index (χ3v) is 3.13. The number of nitrogens with zero attached hydrogens (tertiary/aromatic N) is 1.